The highest BCUT2D eigenvalue weighted by molar-refractivity contribution is 9.10. The Balaban J connectivity index is 1.72. The van der Waals surface area contributed by atoms with Crippen LogP contribution < -0.4 is 10.6 Å². The van der Waals surface area contributed by atoms with Gasteiger partial charge in [-0.05, 0) is 68.0 Å². The van der Waals surface area contributed by atoms with Crippen molar-refractivity contribution in [2.75, 3.05) is 19.6 Å². The van der Waals surface area contributed by atoms with Crippen LogP contribution in [0.15, 0.2) is 22.7 Å². The molecule has 22 heavy (non-hydrogen) atoms. The Morgan fingerprint density at radius 1 is 1.55 bits per heavy atom. The third-order valence-electron chi connectivity index (χ3n) is 4.37. The molecule has 1 aliphatic heterocycles. The average molecular weight is 371 g/mol. The predicted octanol–water partition coefficient (Wildman–Crippen LogP) is 3.27. The smallest absolute Gasteiger partial charge is 0.220 e. The number of piperidine rings is 1. The minimum Gasteiger partial charge on any atom is -0.356 e. The van der Waals surface area contributed by atoms with E-state index in [0.717, 1.165) is 17.6 Å². The van der Waals surface area contributed by atoms with Gasteiger partial charge in [0.15, 0.2) is 0 Å². The van der Waals surface area contributed by atoms with Crippen molar-refractivity contribution >= 4 is 21.8 Å². The zero-order chi connectivity index (χ0) is 15.9. The lowest BCUT2D eigenvalue weighted by molar-refractivity contribution is -0.122. The largest absolute Gasteiger partial charge is 0.356 e. The van der Waals surface area contributed by atoms with E-state index in [9.17, 15) is 9.18 Å². The fourth-order valence-electron chi connectivity index (χ4n) is 2.97. The monoisotopic (exact) mass is 370 g/mol. The first-order chi connectivity index (χ1) is 10.6. The van der Waals surface area contributed by atoms with E-state index < -0.39 is 0 Å². The molecule has 1 amide bonds. The maximum Gasteiger partial charge on any atom is 0.220 e. The van der Waals surface area contributed by atoms with Crippen LogP contribution in [0.2, 0.25) is 0 Å². The molecule has 2 atom stereocenters. The van der Waals surface area contributed by atoms with E-state index in [1.54, 1.807) is 12.1 Å². The molecule has 1 saturated heterocycles. The van der Waals surface area contributed by atoms with Gasteiger partial charge in [-0.2, -0.15) is 0 Å². The molecule has 0 radical (unpaired) electrons. The zero-order valence-electron chi connectivity index (χ0n) is 13.0. The van der Waals surface area contributed by atoms with Gasteiger partial charge in [-0.3, -0.25) is 4.79 Å². The number of halogens is 2. The molecule has 1 fully saturated rings. The first-order valence-electron chi connectivity index (χ1n) is 7.97. The highest BCUT2D eigenvalue weighted by Crippen LogP contribution is 2.22. The number of hydrogen-bond acceptors (Lipinski definition) is 2. The van der Waals surface area contributed by atoms with Crippen LogP contribution >= 0.6 is 15.9 Å². The van der Waals surface area contributed by atoms with E-state index in [4.69, 9.17) is 0 Å². The van der Waals surface area contributed by atoms with Crippen molar-refractivity contribution in [3.05, 3.63) is 34.1 Å². The molecule has 0 bridgehead atoms. The number of carbonyl (C=O) groups excluding carboxylic acids is 1. The van der Waals surface area contributed by atoms with Crippen molar-refractivity contribution in [2.24, 2.45) is 11.8 Å². The molecule has 0 spiro atoms. The van der Waals surface area contributed by atoms with E-state index in [0.29, 0.717) is 36.8 Å². The van der Waals surface area contributed by atoms with Gasteiger partial charge in [-0.15, -0.1) is 0 Å². The Morgan fingerprint density at radius 3 is 3.09 bits per heavy atom. The summed E-state index contributed by atoms with van der Waals surface area (Å²) in [5.41, 5.74) is 0.624. The molecule has 122 valence electrons. The molecule has 0 saturated carbocycles. The highest BCUT2D eigenvalue weighted by atomic mass is 79.9. The van der Waals surface area contributed by atoms with Gasteiger partial charge in [0.2, 0.25) is 5.91 Å². The second-order valence-corrected chi connectivity index (χ2v) is 7.04. The summed E-state index contributed by atoms with van der Waals surface area (Å²) in [6.45, 7) is 4.72. The number of rotatable bonds is 6. The molecule has 0 aromatic heterocycles. The summed E-state index contributed by atoms with van der Waals surface area (Å²) in [6.07, 6.45) is 3.45. The quantitative estimate of drug-likeness (QED) is 0.806. The normalized spacial score (nSPS) is 19.7. The third kappa shape index (κ3) is 5.36. The van der Waals surface area contributed by atoms with Crippen LogP contribution in [0.3, 0.4) is 0 Å². The van der Waals surface area contributed by atoms with E-state index in [-0.39, 0.29) is 11.7 Å². The summed E-state index contributed by atoms with van der Waals surface area (Å²) >= 11 is 3.33. The van der Waals surface area contributed by atoms with Gasteiger partial charge in [0.1, 0.15) is 5.82 Å². The number of carbonyl (C=O) groups is 1. The minimum atomic E-state index is -0.223. The van der Waals surface area contributed by atoms with Crippen molar-refractivity contribution in [2.45, 2.75) is 32.6 Å². The predicted molar refractivity (Wildman–Crippen MR) is 90.2 cm³/mol. The molecule has 2 N–H and O–H groups in total. The Labute approximate surface area is 140 Å². The minimum absolute atomic E-state index is 0.0634. The van der Waals surface area contributed by atoms with Crippen LogP contribution in [0.5, 0.6) is 0 Å². The Bertz CT molecular complexity index is 503. The lowest BCUT2D eigenvalue weighted by Gasteiger charge is -2.28. The molecular weight excluding hydrogens is 347 g/mol. The van der Waals surface area contributed by atoms with Crippen molar-refractivity contribution in [1.29, 1.82) is 0 Å². The maximum absolute atomic E-state index is 13.6. The standard InChI is InChI=1S/C17H24BrFN2O/c1-12(14-3-2-7-20-11-14)9-17(22)21-8-6-13-10-15(18)4-5-16(13)19/h4-5,10,12,14,20H,2-3,6-9,11H2,1H3,(H,21,22). The Hall–Kier alpha value is -0.940. The van der Waals surface area contributed by atoms with E-state index in [2.05, 4.69) is 33.5 Å². The first-order valence-corrected chi connectivity index (χ1v) is 8.77. The van der Waals surface area contributed by atoms with Gasteiger partial charge < -0.3 is 10.6 Å². The van der Waals surface area contributed by atoms with E-state index in [1.807, 2.05) is 0 Å². The van der Waals surface area contributed by atoms with Crippen LogP contribution in [0.25, 0.3) is 0 Å². The molecule has 1 aromatic carbocycles. The van der Waals surface area contributed by atoms with Crippen molar-refractivity contribution < 1.29 is 9.18 Å². The molecule has 3 nitrogen and oxygen atoms in total. The fraction of sp³-hybridized carbons (Fsp3) is 0.588. The summed E-state index contributed by atoms with van der Waals surface area (Å²) in [7, 11) is 0. The van der Waals surface area contributed by atoms with Gasteiger partial charge in [-0.1, -0.05) is 22.9 Å². The SMILES string of the molecule is CC(CC(=O)NCCc1cc(Br)ccc1F)C1CCCNC1. The van der Waals surface area contributed by atoms with Gasteiger partial charge in [0.25, 0.3) is 0 Å². The molecule has 5 heteroatoms. The molecule has 1 heterocycles. The van der Waals surface area contributed by atoms with E-state index >= 15 is 0 Å². The van der Waals surface area contributed by atoms with Crippen LogP contribution in [-0.2, 0) is 11.2 Å². The van der Waals surface area contributed by atoms with Crippen LogP contribution in [-0.4, -0.2) is 25.5 Å². The fourth-order valence-corrected chi connectivity index (χ4v) is 3.38. The molecule has 2 rings (SSSR count). The van der Waals surface area contributed by atoms with Crippen LogP contribution in [0.4, 0.5) is 4.39 Å². The molecular formula is C17H24BrFN2O. The number of nitrogens with one attached hydrogen (secondary N) is 2. The summed E-state index contributed by atoms with van der Waals surface area (Å²) in [4.78, 5) is 12.0. The Morgan fingerprint density at radius 2 is 2.36 bits per heavy atom. The topological polar surface area (TPSA) is 41.1 Å². The molecule has 1 aromatic rings. The Kier molecular flexibility index (Phi) is 6.83. The van der Waals surface area contributed by atoms with Gasteiger partial charge in [0, 0.05) is 17.4 Å². The maximum atomic E-state index is 13.6. The van der Waals surface area contributed by atoms with Crippen molar-refractivity contribution in [1.82, 2.24) is 10.6 Å². The lowest BCUT2D eigenvalue weighted by atomic mass is 9.85. The highest BCUT2D eigenvalue weighted by Gasteiger charge is 2.21. The summed E-state index contributed by atoms with van der Waals surface area (Å²) < 4.78 is 14.5. The third-order valence-corrected chi connectivity index (χ3v) is 4.86. The van der Waals surface area contributed by atoms with Crippen molar-refractivity contribution in [3.8, 4) is 0 Å². The number of amides is 1. The van der Waals surface area contributed by atoms with Gasteiger partial charge >= 0.3 is 0 Å². The molecule has 1 aliphatic rings. The lowest BCUT2D eigenvalue weighted by Crippen LogP contribution is -2.36. The summed E-state index contributed by atoms with van der Waals surface area (Å²) in [5.74, 6) is 0.810. The van der Waals surface area contributed by atoms with Crippen LogP contribution in [0, 0.1) is 17.7 Å². The summed E-state index contributed by atoms with van der Waals surface area (Å²) in [5, 5.41) is 6.29. The second kappa shape index (κ2) is 8.63. The second-order valence-electron chi connectivity index (χ2n) is 6.12. The average Bonchev–Trinajstić information content (AvgIpc) is 2.51. The molecule has 0 aliphatic carbocycles. The van der Waals surface area contributed by atoms with Crippen molar-refractivity contribution in [3.63, 3.8) is 0 Å². The number of hydrogen-bond donors (Lipinski definition) is 2. The zero-order valence-corrected chi connectivity index (χ0v) is 14.6. The number of benzene rings is 1. The first kappa shape index (κ1) is 17.4. The van der Waals surface area contributed by atoms with Crippen LogP contribution in [0.1, 0.15) is 31.7 Å². The van der Waals surface area contributed by atoms with E-state index in [1.165, 1.54) is 18.9 Å². The molecule has 2 unspecified atom stereocenters. The van der Waals surface area contributed by atoms with Gasteiger partial charge in [-0.25, -0.2) is 4.39 Å². The summed E-state index contributed by atoms with van der Waals surface area (Å²) in [6, 6.07) is 4.88. The van der Waals surface area contributed by atoms with Gasteiger partial charge in [0.05, 0.1) is 0 Å².